The second-order valence-corrected chi connectivity index (χ2v) is 5.74. The van der Waals surface area contributed by atoms with Gasteiger partial charge in [-0.2, -0.15) is 0 Å². The molecule has 5 saturated carbocycles. The molecule has 1 nitrogen and oxygen atoms in total. The van der Waals surface area contributed by atoms with E-state index >= 15 is 0 Å². The van der Waals surface area contributed by atoms with Crippen molar-refractivity contribution >= 4 is 5.78 Å². The molecule has 1 unspecified atom stereocenters. The average molecular weight is 160 g/mol. The topological polar surface area (TPSA) is 17.1 Å². The van der Waals surface area contributed by atoms with Crippen LogP contribution in [0.25, 0.3) is 0 Å². The number of carbonyl (C=O) groups excluding carboxylic acids is 1. The minimum atomic E-state index is 0.583. The zero-order valence-electron chi connectivity index (χ0n) is 6.94. The largest absolute Gasteiger partial charge is 0.299 e. The summed E-state index contributed by atoms with van der Waals surface area (Å²) in [6.45, 7) is 0. The van der Waals surface area contributed by atoms with Crippen molar-refractivity contribution in [3.05, 3.63) is 0 Å². The van der Waals surface area contributed by atoms with Gasteiger partial charge in [-0.15, -0.1) is 0 Å². The van der Waals surface area contributed by atoms with Crippen molar-refractivity contribution < 1.29 is 4.79 Å². The molecule has 5 aliphatic rings. The Hall–Kier alpha value is -0.330. The predicted octanol–water partition coefficient (Wildman–Crippen LogP) is 1.33. The highest BCUT2D eigenvalue weighted by molar-refractivity contribution is 5.91. The maximum Gasteiger partial charge on any atom is 0.140 e. The van der Waals surface area contributed by atoms with Crippen molar-refractivity contribution in [2.24, 2.45) is 47.3 Å². The molecule has 0 aromatic rings. The first-order valence-electron chi connectivity index (χ1n) is 5.41. The van der Waals surface area contributed by atoms with Gasteiger partial charge in [-0.1, -0.05) is 0 Å². The first-order chi connectivity index (χ1) is 5.88. The quantitative estimate of drug-likeness (QED) is 0.522. The van der Waals surface area contributed by atoms with Crippen LogP contribution in [-0.4, -0.2) is 5.78 Å². The molecule has 0 N–H and O–H groups in total. The van der Waals surface area contributed by atoms with Crippen LogP contribution in [0.3, 0.4) is 0 Å². The highest BCUT2D eigenvalue weighted by atomic mass is 16.1. The zero-order chi connectivity index (χ0) is 7.61. The van der Waals surface area contributed by atoms with Crippen molar-refractivity contribution in [1.82, 2.24) is 0 Å². The van der Waals surface area contributed by atoms with E-state index in [9.17, 15) is 4.79 Å². The van der Waals surface area contributed by atoms with Crippen molar-refractivity contribution in [3.63, 3.8) is 0 Å². The summed E-state index contributed by atoms with van der Waals surface area (Å²) in [5.74, 6) is 7.54. The molecule has 5 aliphatic carbocycles. The van der Waals surface area contributed by atoms with E-state index in [4.69, 9.17) is 0 Å². The number of hydrogen-bond donors (Lipinski definition) is 0. The number of ketones is 1. The molecule has 0 spiro atoms. The molecule has 0 heterocycles. The Morgan fingerprint density at radius 3 is 2.50 bits per heavy atom. The number of rotatable bonds is 0. The summed E-state index contributed by atoms with van der Waals surface area (Å²) < 4.78 is 0. The van der Waals surface area contributed by atoms with Gasteiger partial charge >= 0.3 is 0 Å². The van der Waals surface area contributed by atoms with Crippen LogP contribution in [0.4, 0.5) is 0 Å². The highest BCUT2D eigenvalue weighted by Crippen LogP contribution is 2.81. The Morgan fingerprint density at radius 1 is 0.833 bits per heavy atom. The van der Waals surface area contributed by atoms with E-state index in [1.165, 1.54) is 12.8 Å². The Balaban J connectivity index is 1.91. The molecule has 0 aliphatic heterocycles. The van der Waals surface area contributed by atoms with Gasteiger partial charge in [0.05, 0.1) is 0 Å². The summed E-state index contributed by atoms with van der Waals surface area (Å²) in [7, 11) is 0. The van der Waals surface area contributed by atoms with Crippen LogP contribution in [0.1, 0.15) is 12.8 Å². The summed E-state index contributed by atoms with van der Waals surface area (Å²) in [6, 6.07) is 0. The van der Waals surface area contributed by atoms with Crippen LogP contribution >= 0.6 is 0 Å². The molecule has 0 aromatic heterocycles. The van der Waals surface area contributed by atoms with Crippen molar-refractivity contribution in [1.29, 1.82) is 0 Å². The fraction of sp³-hybridized carbons (Fsp3) is 0.909. The fourth-order valence-electron chi connectivity index (χ4n) is 6.10. The SMILES string of the molecule is O=C1[C@@H]2[C@@H]3C[C@H]4[C@@H]5C([C@H]2C[C@H]35)[C@@H]14. The predicted molar refractivity (Wildman–Crippen MR) is 42.2 cm³/mol. The van der Waals surface area contributed by atoms with E-state index in [1.807, 2.05) is 0 Å². The molecule has 0 saturated heterocycles. The number of fused-ring (bicyclic) bond motifs is 2. The van der Waals surface area contributed by atoms with Gasteiger partial charge in [0.2, 0.25) is 0 Å². The summed E-state index contributed by atoms with van der Waals surface area (Å²) in [4.78, 5) is 11.9. The van der Waals surface area contributed by atoms with Gasteiger partial charge in [-0.25, -0.2) is 0 Å². The van der Waals surface area contributed by atoms with Crippen LogP contribution < -0.4 is 0 Å². The Labute approximate surface area is 71.5 Å². The lowest BCUT2D eigenvalue weighted by atomic mass is 9.60. The summed E-state index contributed by atoms with van der Waals surface area (Å²) in [6.07, 6.45) is 2.90. The average Bonchev–Trinajstić information content (AvgIpc) is 2.47. The lowest BCUT2D eigenvalue weighted by molar-refractivity contribution is -0.132. The second kappa shape index (κ2) is 1.21. The molecule has 0 aromatic carbocycles. The first-order valence-corrected chi connectivity index (χ1v) is 5.41. The van der Waals surface area contributed by atoms with Crippen LogP contribution in [0, 0.1) is 47.3 Å². The third kappa shape index (κ3) is 0.272. The number of carbonyl (C=O) groups is 1. The monoisotopic (exact) mass is 160 g/mol. The normalized spacial score (nSPS) is 79.2. The minimum absolute atomic E-state index is 0.583. The van der Waals surface area contributed by atoms with E-state index in [2.05, 4.69) is 0 Å². The van der Waals surface area contributed by atoms with Crippen LogP contribution in [0.2, 0.25) is 0 Å². The summed E-state index contributed by atoms with van der Waals surface area (Å²) in [5.41, 5.74) is 0. The molecule has 2 bridgehead atoms. The maximum atomic E-state index is 11.9. The first kappa shape index (κ1) is 5.41. The van der Waals surface area contributed by atoms with E-state index in [1.54, 1.807) is 0 Å². The van der Waals surface area contributed by atoms with Crippen LogP contribution in [0.15, 0.2) is 0 Å². The van der Waals surface area contributed by atoms with Crippen LogP contribution in [-0.2, 0) is 4.79 Å². The van der Waals surface area contributed by atoms with Crippen molar-refractivity contribution in [2.75, 3.05) is 0 Å². The number of Topliss-reactive ketones (excluding diaryl/α,β-unsaturated/α-hetero) is 1. The number of hydrogen-bond acceptors (Lipinski definition) is 1. The third-order valence-corrected chi connectivity index (χ3v) is 6.02. The smallest absolute Gasteiger partial charge is 0.140 e. The molecule has 0 radical (unpaired) electrons. The molecular formula is C11H12O. The summed E-state index contributed by atoms with van der Waals surface area (Å²) in [5, 5.41) is 0. The lowest BCUT2D eigenvalue weighted by Crippen LogP contribution is -2.44. The highest BCUT2D eigenvalue weighted by Gasteiger charge is 2.80. The van der Waals surface area contributed by atoms with Gasteiger partial charge in [-0.3, -0.25) is 4.79 Å². The Morgan fingerprint density at radius 2 is 1.58 bits per heavy atom. The molecular weight excluding hydrogens is 148 g/mol. The van der Waals surface area contributed by atoms with Gasteiger partial charge in [0.15, 0.2) is 0 Å². The molecule has 62 valence electrons. The van der Waals surface area contributed by atoms with Gasteiger partial charge in [0.25, 0.3) is 0 Å². The lowest BCUT2D eigenvalue weighted by Gasteiger charge is -2.43. The molecule has 8 atom stereocenters. The molecule has 0 amide bonds. The van der Waals surface area contributed by atoms with E-state index < -0.39 is 0 Å². The molecule has 5 rings (SSSR count). The van der Waals surface area contributed by atoms with E-state index in [0.717, 1.165) is 35.5 Å². The van der Waals surface area contributed by atoms with Crippen molar-refractivity contribution in [2.45, 2.75) is 12.8 Å². The van der Waals surface area contributed by atoms with E-state index in [0.29, 0.717) is 17.6 Å². The molecule has 5 fully saturated rings. The van der Waals surface area contributed by atoms with Gasteiger partial charge in [0, 0.05) is 11.8 Å². The van der Waals surface area contributed by atoms with Crippen LogP contribution in [0.5, 0.6) is 0 Å². The Bertz CT molecular complexity index is 315. The third-order valence-electron chi connectivity index (χ3n) is 6.02. The molecule has 12 heavy (non-hydrogen) atoms. The second-order valence-electron chi connectivity index (χ2n) is 5.74. The maximum absolute atomic E-state index is 11.9. The van der Waals surface area contributed by atoms with E-state index in [-0.39, 0.29) is 0 Å². The van der Waals surface area contributed by atoms with Crippen molar-refractivity contribution in [3.8, 4) is 0 Å². The van der Waals surface area contributed by atoms with Gasteiger partial charge in [-0.05, 0) is 48.3 Å². The Kier molecular flexibility index (Phi) is 0.547. The zero-order valence-corrected chi connectivity index (χ0v) is 6.94. The minimum Gasteiger partial charge on any atom is -0.299 e. The summed E-state index contributed by atoms with van der Waals surface area (Å²) >= 11 is 0. The fourth-order valence-corrected chi connectivity index (χ4v) is 6.10. The van der Waals surface area contributed by atoms with Gasteiger partial charge < -0.3 is 0 Å². The molecule has 1 heteroatoms. The standard InChI is InChI=1S/C11H12O/c12-11-8-4-2-5-7-3(4)1-6(8)9(7)10(5)11/h3-10H,1-2H2/t3-,4-,5+,6+,7-,8-,9?,10+/m1/s1. The van der Waals surface area contributed by atoms with Gasteiger partial charge in [0.1, 0.15) is 5.78 Å².